The maximum Gasteiger partial charge on any atom is 0.328 e. The molecule has 0 unspecified atom stereocenters. The van der Waals surface area contributed by atoms with E-state index in [1.54, 1.807) is 22.6 Å². The van der Waals surface area contributed by atoms with Gasteiger partial charge in [0.2, 0.25) is 0 Å². The van der Waals surface area contributed by atoms with Crippen LogP contribution in [0.1, 0.15) is 36.6 Å². The molecule has 0 aliphatic carbocycles. The molecule has 5 aromatic rings. The van der Waals surface area contributed by atoms with Gasteiger partial charge in [0.1, 0.15) is 11.2 Å². The minimum Gasteiger partial charge on any atom is -0.378 e. The number of nitrogens with one attached hydrogen (secondary N) is 1. The molecule has 9 nitrogen and oxygen atoms in total. The third-order valence-corrected chi connectivity index (χ3v) is 5.71. The van der Waals surface area contributed by atoms with Gasteiger partial charge in [-0.1, -0.05) is 55.5 Å². The van der Waals surface area contributed by atoms with Crippen LogP contribution in [0.4, 0.5) is 0 Å². The fraction of sp³-hybridized carbons (Fsp3) is 0.240. The van der Waals surface area contributed by atoms with Gasteiger partial charge >= 0.3 is 5.69 Å². The first-order valence-corrected chi connectivity index (χ1v) is 11.1. The van der Waals surface area contributed by atoms with E-state index in [0.29, 0.717) is 36.1 Å². The van der Waals surface area contributed by atoms with Crippen LogP contribution in [0.3, 0.4) is 0 Å². The second-order valence-electron chi connectivity index (χ2n) is 8.44. The molecule has 9 heteroatoms. The predicted octanol–water partition coefficient (Wildman–Crippen LogP) is 3.69. The van der Waals surface area contributed by atoms with Crippen molar-refractivity contribution in [3.8, 4) is 17.1 Å². The number of aromatic amines is 1. The number of H-pyrrole nitrogens is 1. The molecule has 0 bridgehead atoms. The van der Waals surface area contributed by atoms with Crippen LogP contribution in [-0.4, -0.2) is 41.6 Å². The Morgan fingerprint density at radius 3 is 2.65 bits per heavy atom. The minimum absolute atomic E-state index is 0.219. The van der Waals surface area contributed by atoms with Crippen LogP contribution in [0, 0.1) is 0 Å². The van der Waals surface area contributed by atoms with E-state index in [2.05, 4.69) is 40.2 Å². The van der Waals surface area contributed by atoms with Gasteiger partial charge in [0.05, 0.1) is 31.2 Å². The molecule has 0 saturated carbocycles. The largest absolute Gasteiger partial charge is 0.378 e. The molecule has 0 aliphatic rings. The summed E-state index contributed by atoms with van der Waals surface area (Å²) in [4.78, 5) is 24.9. The number of hydrogen-bond donors (Lipinski definition) is 1. The molecule has 0 aliphatic heterocycles. The summed E-state index contributed by atoms with van der Waals surface area (Å²) in [6.07, 6.45) is 3.51. The van der Waals surface area contributed by atoms with Gasteiger partial charge in [0, 0.05) is 12.7 Å². The number of hydrogen-bond acceptors (Lipinski definition) is 6. The number of aromatic nitrogens is 7. The van der Waals surface area contributed by atoms with Crippen LogP contribution in [0.5, 0.6) is 0 Å². The third-order valence-electron chi connectivity index (χ3n) is 5.71. The van der Waals surface area contributed by atoms with Crippen molar-refractivity contribution in [3.05, 3.63) is 88.2 Å². The van der Waals surface area contributed by atoms with E-state index in [-0.39, 0.29) is 5.69 Å². The lowest BCUT2D eigenvalue weighted by Crippen LogP contribution is -2.17. The first kappa shape index (κ1) is 21.7. The molecule has 0 amide bonds. The number of rotatable bonds is 7. The smallest absolute Gasteiger partial charge is 0.328 e. The maximum absolute atomic E-state index is 12.7. The molecule has 3 heterocycles. The number of nitrogens with zero attached hydrogens (tertiary/aromatic N) is 6. The Bertz CT molecular complexity index is 1500. The minimum atomic E-state index is -0.219. The highest BCUT2D eigenvalue weighted by molar-refractivity contribution is 5.73. The Morgan fingerprint density at radius 2 is 1.88 bits per heavy atom. The summed E-state index contributed by atoms with van der Waals surface area (Å²) in [7, 11) is 1.62. The second kappa shape index (κ2) is 9.03. The van der Waals surface area contributed by atoms with Crippen molar-refractivity contribution >= 4 is 11.2 Å². The Hall–Kier alpha value is -4.11. The first-order chi connectivity index (χ1) is 16.5. The number of fused-ring (bicyclic) bond motifs is 1. The summed E-state index contributed by atoms with van der Waals surface area (Å²) < 4.78 is 8.43. The zero-order valence-corrected chi connectivity index (χ0v) is 19.3. The summed E-state index contributed by atoms with van der Waals surface area (Å²) in [5.74, 6) is 0.941. The lowest BCUT2D eigenvalue weighted by Gasteiger charge is -2.11. The Labute approximate surface area is 196 Å². The average molecular weight is 456 g/mol. The van der Waals surface area contributed by atoms with Gasteiger partial charge in [-0.15, -0.1) is 5.10 Å². The highest BCUT2D eigenvalue weighted by Gasteiger charge is 2.15. The van der Waals surface area contributed by atoms with Crippen LogP contribution in [0.25, 0.3) is 28.2 Å². The van der Waals surface area contributed by atoms with E-state index in [9.17, 15) is 4.79 Å². The number of imidazole rings is 1. The second-order valence-corrected chi connectivity index (χ2v) is 8.44. The van der Waals surface area contributed by atoms with Gasteiger partial charge in [0.25, 0.3) is 0 Å². The zero-order valence-electron chi connectivity index (χ0n) is 19.3. The molecule has 0 saturated heterocycles. The molecule has 0 atom stereocenters. The number of ether oxygens (including phenoxy) is 1. The van der Waals surface area contributed by atoms with Crippen molar-refractivity contribution in [3.63, 3.8) is 0 Å². The van der Waals surface area contributed by atoms with Crippen molar-refractivity contribution in [1.82, 2.24) is 34.5 Å². The van der Waals surface area contributed by atoms with Gasteiger partial charge in [0.15, 0.2) is 11.5 Å². The average Bonchev–Trinajstić information content (AvgIpc) is 3.44. The quantitative estimate of drug-likeness (QED) is 0.401. The summed E-state index contributed by atoms with van der Waals surface area (Å²) >= 11 is 0. The van der Waals surface area contributed by atoms with Crippen LogP contribution in [0.15, 0.2) is 65.7 Å². The molecule has 2 aromatic carbocycles. The Morgan fingerprint density at radius 1 is 1.09 bits per heavy atom. The molecule has 172 valence electrons. The van der Waals surface area contributed by atoms with E-state index >= 15 is 0 Å². The van der Waals surface area contributed by atoms with E-state index in [4.69, 9.17) is 9.72 Å². The van der Waals surface area contributed by atoms with Crippen molar-refractivity contribution in [2.75, 3.05) is 7.11 Å². The van der Waals surface area contributed by atoms with Crippen LogP contribution >= 0.6 is 0 Å². The van der Waals surface area contributed by atoms with Crippen molar-refractivity contribution in [1.29, 1.82) is 0 Å². The number of methoxy groups -OCH3 is 1. The maximum atomic E-state index is 12.7. The Balaban J connectivity index is 1.46. The first-order valence-electron chi connectivity index (χ1n) is 11.1. The molecule has 0 fully saturated rings. The summed E-state index contributed by atoms with van der Waals surface area (Å²) in [6, 6.07) is 15.9. The highest BCUT2D eigenvalue weighted by Crippen LogP contribution is 2.27. The monoisotopic (exact) mass is 455 g/mol. The molecule has 0 radical (unpaired) electrons. The van der Waals surface area contributed by atoms with Crippen molar-refractivity contribution < 1.29 is 4.74 Å². The third kappa shape index (κ3) is 4.13. The van der Waals surface area contributed by atoms with Crippen LogP contribution < -0.4 is 5.69 Å². The highest BCUT2D eigenvalue weighted by atomic mass is 16.5. The molecule has 1 N–H and O–H groups in total. The fourth-order valence-corrected chi connectivity index (χ4v) is 4.00. The number of benzene rings is 2. The standard InChI is InChI=1S/C25H25N7O2/c1-16(2)20-6-4-5-7-21(20)23-26-12-22-24(28-23)31(25(33)27-22)13-17-8-10-19(11-9-17)32-14-18(15-34-3)29-30-32/h4-12,14,16H,13,15H2,1-3H3,(H,27,33). The molecule has 5 rings (SSSR count). The summed E-state index contributed by atoms with van der Waals surface area (Å²) in [6.45, 7) is 5.08. The zero-order chi connectivity index (χ0) is 23.7. The van der Waals surface area contributed by atoms with E-state index in [1.165, 1.54) is 5.56 Å². The van der Waals surface area contributed by atoms with Gasteiger partial charge < -0.3 is 9.72 Å². The van der Waals surface area contributed by atoms with E-state index in [1.807, 2.05) is 48.7 Å². The fourth-order valence-electron chi connectivity index (χ4n) is 4.00. The molecular weight excluding hydrogens is 430 g/mol. The van der Waals surface area contributed by atoms with Gasteiger partial charge in [-0.2, -0.15) is 0 Å². The Kier molecular flexibility index (Phi) is 5.77. The van der Waals surface area contributed by atoms with E-state index in [0.717, 1.165) is 22.5 Å². The lowest BCUT2D eigenvalue weighted by atomic mass is 9.97. The van der Waals surface area contributed by atoms with Crippen LogP contribution in [-0.2, 0) is 17.9 Å². The predicted molar refractivity (Wildman–Crippen MR) is 129 cm³/mol. The molecule has 0 spiro atoms. The van der Waals surface area contributed by atoms with Crippen molar-refractivity contribution in [2.45, 2.75) is 32.9 Å². The van der Waals surface area contributed by atoms with Gasteiger partial charge in [-0.3, -0.25) is 4.57 Å². The lowest BCUT2D eigenvalue weighted by molar-refractivity contribution is 0.181. The summed E-state index contributed by atoms with van der Waals surface area (Å²) in [5, 5.41) is 8.22. The SMILES string of the molecule is COCc1cn(-c2ccc(Cn3c(=O)[nH]c4cnc(-c5ccccc5C(C)C)nc43)cc2)nn1. The molecule has 3 aromatic heterocycles. The summed E-state index contributed by atoms with van der Waals surface area (Å²) in [5.41, 5.74) is 5.72. The van der Waals surface area contributed by atoms with E-state index < -0.39 is 0 Å². The van der Waals surface area contributed by atoms with Gasteiger partial charge in [-0.25, -0.2) is 19.4 Å². The molecular formula is C25H25N7O2. The van der Waals surface area contributed by atoms with Gasteiger partial charge in [-0.05, 0) is 29.2 Å². The normalized spacial score (nSPS) is 11.5. The van der Waals surface area contributed by atoms with Crippen molar-refractivity contribution in [2.24, 2.45) is 0 Å². The topological polar surface area (TPSA) is 104 Å². The van der Waals surface area contributed by atoms with Crippen LogP contribution in [0.2, 0.25) is 0 Å². The molecule has 34 heavy (non-hydrogen) atoms.